The molecular formula is C43H27N3S. The van der Waals surface area contributed by atoms with Crippen molar-refractivity contribution in [1.82, 2.24) is 15.0 Å². The molecule has 3 nitrogen and oxygen atoms in total. The second-order valence-corrected chi connectivity index (χ2v) is 12.7. The molecule has 220 valence electrons. The fourth-order valence-electron chi connectivity index (χ4n) is 6.41. The van der Waals surface area contributed by atoms with E-state index in [-0.39, 0.29) is 0 Å². The van der Waals surface area contributed by atoms with Crippen LogP contribution in [0.3, 0.4) is 0 Å². The summed E-state index contributed by atoms with van der Waals surface area (Å²) in [6, 6.07) is 57.0. The Hall–Kier alpha value is -5.97. The van der Waals surface area contributed by atoms with Crippen molar-refractivity contribution in [3.05, 3.63) is 164 Å². The van der Waals surface area contributed by atoms with Gasteiger partial charge in [0.05, 0.1) is 22.6 Å². The molecule has 0 atom stereocenters. The summed E-state index contributed by atoms with van der Waals surface area (Å²) in [4.78, 5) is 15.4. The van der Waals surface area contributed by atoms with E-state index in [1.807, 2.05) is 47.7 Å². The number of benzene rings is 6. The monoisotopic (exact) mass is 617 g/mol. The third-order valence-electron chi connectivity index (χ3n) is 8.70. The van der Waals surface area contributed by atoms with Crippen molar-refractivity contribution in [2.45, 2.75) is 0 Å². The van der Waals surface area contributed by atoms with Gasteiger partial charge in [-0.1, -0.05) is 152 Å². The van der Waals surface area contributed by atoms with E-state index in [4.69, 9.17) is 15.0 Å². The molecule has 0 unspecified atom stereocenters. The molecule has 0 saturated carbocycles. The maximum absolute atomic E-state index is 5.43. The molecule has 0 fully saturated rings. The Kier molecular flexibility index (Phi) is 6.65. The number of rotatable bonds is 5. The van der Waals surface area contributed by atoms with Gasteiger partial charge in [-0.3, -0.25) is 0 Å². The molecular weight excluding hydrogens is 591 g/mol. The van der Waals surface area contributed by atoms with Crippen LogP contribution in [0.5, 0.6) is 0 Å². The zero-order chi connectivity index (χ0) is 31.2. The fourth-order valence-corrected chi connectivity index (χ4v) is 7.64. The van der Waals surface area contributed by atoms with Crippen LogP contribution in [0.1, 0.15) is 0 Å². The molecule has 0 aliphatic carbocycles. The van der Waals surface area contributed by atoms with Gasteiger partial charge < -0.3 is 0 Å². The highest BCUT2D eigenvalue weighted by molar-refractivity contribution is 7.26. The number of nitrogens with zero attached hydrogens (tertiary/aromatic N) is 3. The third kappa shape index (κ3) is 4.87. The molecule has 0 radical (unpaired) electrons. The molecule has 6 aromatic carbocycles. The highest BCUT2D eigenvalue weighted by atomic mass is 32.1. The lowest BCUT2D eigenvalue weighted by Gasteiger charge is -2.12. The van der Waals surface area contributed by atoms with Gasteiger partial charge >= 0.3 is 0 Å². The molecule has 3 heterocycles. The molecule has 0 saturated heterocycles. The minimum Gasteiger partial charge on any atom is -0.246 e. The first-order valence-corrected chi connectivity index (χ1v) is 16.5. The minimum atomic E-state index is 0.713. The summed E-state index contributed by atoms with van der Waals surface area (Å²) in [5, 5.41) is 3.66. The fraction of sp³-hybridized carbons (Fsp3) is 0. The molecule has 3 aromatic heterocycles. The number of para-hydroxylation sites is 1. The SMILES string of the molecule is c1ccc(-c2cc(-c3ccc(-c4cccc5c4nc(-c4ccccc4)c4c6ccccc6sc54)cc3)nc(-c3ccccc3)n2)cc1. The number of thiophene rings is 1. The minimum absolute atomic E-state index is 0.713. The van der Waals surface area contributed by atoms with Gasteiger partial charge in [0.1, 0.15) is 0 Å². The highest BCUT2D eigenvalue weighted by Gasteiger charge is 2.18. The van der Waals surface area contributed by atoms with E-state index in [9.17, 15) is 0 Å². The molecule has 0 bridgehead atoms. The van der Waals surface area contributed by atoms with Crippen LogP contribution in [0.4, 0.5) is 0 Å². The standard InChI is InChI=1S/C43H27N3S/c1-4-13-29(14-5-1)36-27-37(45-43(44-36)32-17-8-3-9-18-32)30-25-23-28(24-26-30)33-20-12-21-35-41(33)46-40(31-15-6-2-7-16-31)39-34-19-10-11-22-38(34)47-42(35)39/h1-27H. The summed E-state index contributed by atoms with van der Waals surface area (Å²) < 4.78 is 2.55. The van der Waals surface area contributed by atoms with E-state index in [2.05, 4.69) is 127 Å². The Morgan fingerprint density at radius 1 is 0.404 bits per heavy atom. The van der Waals surface area contributed by atoms with Crippen molar-refractivity contribution in [1.29, 1.82) is 0 Å². The molecule has 0 aliphatic rings. The molecule has 0 N–H and O–H groups in total. The zero-order valence-corrected chi connectivity index (χ0v) is 26.2. The first-order chi connectivity index (χ1) is 23.3. The van der Waals surface area contributed by atoms with Crippen molar-refractivity contribution in [2.24, 2.45) is 0 Å². The molecule has 9 rings (SSSR count). The first-order valence-electron chi connectivity index (χ1n) is 15.7. The molecule has 4 heteroatoms. The molecule has 0 spiro atoms. The Bertz CT molecular complexity index is 2480. The van der Waals surface area contributed by atoms with Crippen molar-refractivity contribution < 1.29 is 0 Å². The number of aromatic nitrogens is 3. The summed E-state index contributed by atoms with van der Waals surface area (Å²) in [5.41, 5.74) is 10.3. The van der Waals surface area contributed by atoms with E-state index in [1.165, 1.54) is 25.6 Å². The van der Waals surface area contributed by atoms with Gasteiger partial charge in [0, 0.05) is 53.4 Å². The van der Waals surface area contributed by atoms with Crippen molar-refractivity contribution in [2.75, 3.05) is 0 Å². The molecule has 0 aliphatic heterocycles. The summed E-state index contributed by atoms with van der Waals surface area (Å²) >= 11 is 1.85. The number of fused-ring (bicyclic) bond motifs is 5. The van der Waals surface area contributed by atoms with Gasteiger partial charge in [0.15, 0.2) is 5.82 Å². The Morgan fingerprint density at radius 2 is 0.957 bits per heavy atom. The maximum atomic E-state index is 5.43. The lowest BCUT2D eigenvalue weighted by molar-refractivity contribution is 1.18. The van der Waals surface area contributed by atoms with Gasteiger partial charge in [-0.25, -0.2) is 15.0 Å². The van der Waals surface area contributed by atoms with Gasteiger partial charge in [0.2, 0.25) is 0 Å². The molecule has 47 heavy (non-hydrogen) atoms. The first kappa shape index (κ1) is 27.3. The average Bonchev–Trinajstić information content (AvgIpc) is 3.55. The Balaban J connectivity index is 1.20. The van der Waals surface area contributed by atoms with E-state index in [1.54, 1.807) is 0 Å². The van der Waals surface area contributed by atoms with Crippen LogP contribution >= 0.6 is 11.3 Å². The maximum Gasteiger partial charge on any atom is 0.160 e. The van der Waals surface area contributed by atoms with Crippen molar-refractivity contribution >= 4 is 42.4 Å². The van der Waals surface area contributed by atoms with Gasteiger partial charge in [-0.05, 0) is 17.7 Å². The van der Waals surface area contributed by atoms with Crippen LogP contribution in [0, 0.1) is 0 Å². The van der Waals surface area contributed by atoms with E-state index in [0.717, 1.165) is 56.0 Å². The van der Waals surface area contributed by atoms with Crippen molar-refractivity contribution in [3.63, 3.8) is 0 Å². The van der Waals surface area contributed by atoms with Gasteiger partial charge in [-0.2, -0.15) is 0 Å². The third-order valence-corrected chi connectivity index (χ3v) is 9.91. The largest absolute Gasteiger partial charge is 0.246 e. The van der Waals surface area contributed by atoms with Crippen LogP contribution in [-0.2, 0) is 0 Å². The van der Waals surface area contributed by atoms with Crippen LogP contribution in [0.15, 0.2) is 164 Å². The van der Waals surface area contributed by atoms with Crippen molar-refractivity contribution in [3.8, 4) is 56.3 Å². The average molecular weight is 618 g/mol. The normalized spacial score (nSPS) is 11.4. The Morgan fingerprint density at radius 3 is 1.66 bits per heavy atom. The summed E-state index contributed by atoms with van der Waals surface area (Å²) in [5.74, 6) is 0.713. The summed E-state index contributed by atoms with van der Waals surface area (Å²) in [7, 11) is 0. The smallest absolute Gasteiger partial charge is 0.160 e. The number of hydrogen-bond acceptors (Lipinski definition) is 4. The van der Waals surface area contributed by atoms with Crippen LogP contribution in [-0.4, -0.2) is 15.0 Å². The van der Waals surface area contributed by atoms with Gasteiger partial charge in [0.25, 0.3) is 0 Å². The van der Waals surface area contributed by atoms with E-state index >= 15 is 0 Å². The zero-order valence-electron chi connectivity index (χ0n) is 25.3. The second-order valence-electron chi connectivity index (χ2n) is 11.6. The predicted octanol–water partition coefficient (Wildman–Crippen LogP) is 11.7. The quantitative estimate of drug-likeness (QED) is 0.193. The lowest BCUT2D eigenvalue weighted by atomic mass is 9.97. The lowest BCUT2D eigenvalue weighted by Crippen LogP contribution is -1.96. The van der Waals surface area contributed by atoms with E-state index < -0.39 is 0 Å². The van der Waals surface area contributed by atoms with Crippen LogP contribution in [0.2, 0.25) is 0 Å². The van der Waals surface area contributed by atoms with Gasteiger partial charge in [-0.15, -0.1) is 11.3 Å². The number of pyridine rings is 1. The van der Waals surface area contributed by atoms with Crippen LogP contribution in [0.25, 0.3) is 87.4 Å². The molecule has 0 amide bonds. The van der Waals surface area contributed by atoms with Crippen LogP contribution < -0.4 is 0 Å². The summed E-state index contributed by atoms with van der Waals surface area (Å²) in [6.07, 6.45) is 0. The number of hydrogen-bond donors (Lipinski definition) is 0. The Labute approximate surface area is 276 Å². The second kappa shape index (κ2) is 11.4. The topological polar surface area (TPSA) is 38.7 Å². The summed E-state index contributed by atoms with van der Waals surface area (Å²) in [6.45, 7) is 0. The molecule has 9 aromatic rings. The van der Waals surface area contributed by atoms with E-state index in [0.29, 0.717) is 5.82 Å². The predicted molar refractivity (Wildman–Crippen MR) is 197 cm³/mol. The highest BCUT2D eigenvalue weighted by Crippen LogP contribution is 2.44.